The Morgan fingerprint density at radius 1 is 1.41 bits per heavy atom. The molecule has 122 valence electrons. The van der Waals surface area contributed by atoms with Crippen LogP contribution in [0.2, 0.25) is 0 Å². The molecule has 1 aliphatic rings. The van der Waals surface area contributed by atoms with Crippen molar-refractivity contribution >= 4 is 5.91 Å². The van der Waals surface area contributed by atoms with Crippen LogP contribution < -0.4 is 4.74 Å². The van der Waals surface area contributed by atoms with E-state index in [0.29, 0.717) is 24.5 Å². The van der Waals surface area contributed by atoms with Crippen LogP contribution in [0.1, 0.15) is 50.4 Å². The average Bonchev–Trinajstić information content (AvgIpc) is 2.92. The molecule has 4 heteroatoms. The van der Waals surface area contributed by atoms with Gasteiger partial charge in [-0.05, 0) is 50.3 Å². The zero-order chi connectivity index (χ0) is 16.1. The molecular weight excluding hydrogens is 278 g/mol. The number of likely N-dealkylation sites (tertiary alicyclic amines) is 1. The maximum Gasteiger partial charge on any atom is 0.254 e. The van der Waals surface area contributed by atoms with Gasteiger partial charge in [0.15, 0.2) is 0 Å². The lowest BCUT2D eigenvalue weighted by Crippen LogP contribution is -2.37. The lowest BCUT2D eigenvalue weighted by molar-refractivity contribution is 0.0681. The molecule has 1 aliphatic heterocycles. The average molecular weight is 305 g/mol. The van der Waals surface area contributed by atoms with E-state index in [0.717, 1.165) is 25.1 Å². The number of amides is 1. The quantitative estimate of drug-likeness (QED) is 0.878. The van der Waals surface area contributed by atoms with Crippen LogP contribution in [0.4, 0.5) is 0 Å². The lowest BCUT2D eigenvalue weighted by Gasteiger charge is -2.26. The van der Waals surface area contributed by atoms with Crippen LogP contribution >= 0.6 is 0 Å². The van der Waals surface area contributed by atoms with Gasteiger partial charge in [-0.3, -0.25) is 4.79 Å². The molecule has 1 aromatic carbocycles. The molecule has 4 nitrogen and oxygen atoms in total. The number of carbonyl (C=O) groups excluding carboxylic acids is 1. The Kier molecular flexibility index (Phi) is 5.83. The van der Waals surface area contributed by atoms with Gasteiger partial charge in [0.2, 0.25) is 0 Å². The molecule has 0 spiro atoms. The van der Waals surface area contributed by atoms with Crippen LogP contribution in [-0.4, -0.2) is 41.2 Å². The SMILES string of the molecule is CC(C)COc1cccc(C(=O)N2CCCC2CC(C)O)c1. The summed E-state index contributed by atoms with van der Waals surface area (Å²) in [5.74, 6) is 1.23. The van der Waals surface area contributed by atoms with Crippen molar-refractivity contribution in [3.63, 3.8) is 0 Å². The Balaban J connectivity index is 2.06. The second kappa shape index (κ2) is 7.63. The summed E-state index contributed by atoms with van der Waals surface area (Å²) in [4.78, 5) is 14.6. The molecule has 1 amide bonds. The van der Waals surface area contributed by atoms with Crippen LogP contribution in [0.15, 0.2) is 24.3 Å². The normalized spacial score (nSPS) is 19.5. The van der Waals surface area contributed by atoms with Crippen molar-refractivity contribution in [2.75, 3.05) is 13.2 Å². The Bertz CT molecular complexity index is 499. The predicted molar refractivity (Wildman–Crippen MR) is 87.1 cm³/mol. The molecule has 1 fully saturated rings. The van der Waals surface area contributed by atoms with Gasteiger partial charge in [-0.25, -0.2) is 0 Å². The highest BCUT2D eigenvalue weighted by Gasteiger charge is 2.30. The largest absolute Gasteiger partial charge is 0.493 e. The monoisotopic (exact) mass is 305 g/mol. The van der Waals surface area contributed by atoms with Gasteiger partial charge in [0.1, 0.15) is 5.75 Å². The maximum absolute atomic E-state index is 12.7. The minimum Gasteiger partial charge on any atom is -0.493 e. The van der Waals surface area contributed by atoms with E-state index < -0.39 is 0 Å². The summed E-state index contributed by atoms with van der Waals surface area (Å²) < 4.78 is 5.70. The number of nitrogens with zero attached hydrogens (tertiary/aromatic N) is 1. The van der Waals surface area contributed by atoms with Crippen LogP contribution in [-0.2, 0) is 0 Å². The summed E-state index contributed by atoms with van der Waals surface area (Å²) >= 11 is 0. The first-order valence-corrected chi connectivity index (χ1v) is 8.19. The van der Waals surface area contributed by atoms with Gasteiger partial charge in [0.25, 0.3) is 5.91 Å². The topological polar surface area (TPSA) is 49.8 Å². The van der Waals surface area contributed by atoms with Gasteiger partial charge in [-0.2, -0.15) is 0 Å². The highest BCUT2D eigenvalue weighted by Crippen LogP contribution is 2.25. The van der Waals surface area contributed by atoms with Crippen LogP contribution in [0, 0.1) is 5.92 Å². The van der Waals surface area contributed by atoms with E-state index in [1.54, 1.807) is 6.92 Å². The predicted octanol–water partition coefficient (Wildman–Crippen LogP) is 3.10. The fourth-order valence-electron chi connectivity index (χ4n) is 2.89. The molecule has 0 radical (unpaired) electrons. The number of ether oxygens (including phenoxy) is 1. The fourth-order valence-corrected chi connectivity index (χ4v) is 2.89. The van der Waals surface area contributed by atoms with E-state index in [4.69, 9.17) is 4.74 Å². The van der Waals surface area contributed by atoms with Crippen molar-refractivity contribution in [3.8, 4) is 5.75 Å². The van der Waals surface area contributed by atoms with Gasteiger partial charge >= 0.3 is 0 Å². The number of rotatable bonds is 6. The number of hydrogen-bond acceptors (Lipinski definition) is 3. The minimum atomic E-state index is -0.376. The second-order valence-corrected chi connectivity index (χ2v) is 6.61. The molecule has 0 bridgehead atoms. The molecule has 2 unspecified atom stereocenters. The molecule has 22 heavy (non-hydrogen) atoms. The molecule has 0 aromatic heterocycles. The summed E-state index contributed by atoms with van der Waals surface area (Å²) in [6, 6.07) is 7.55. The number of carbonyl (C=O) groups is 1. The number of aliphatic hydroxyl groups excluding tert-OH is 1. The smallest absolute Gasteiger partial charge is 0.254 e. The fraction of sp³-hybridized carbons (Fsp3) is 0.611. The zero-order valence-electron chi connectivity index (χ0n) is 13.8. The van der Waals surface area contributed by atoms with E-state index in [2.05, 4.69) is 13.8 Å². The molecule has 2 atom stereocenters. The lowest BCUT2D eigenvalue weighted by atomic mass is 10.1. The summed E-state index contributed by atoms with van der Waals surface area (Å²) in [5, 5.41) is 9.59. The first kappa shape index (κ1) is 16.8. The van der Waals surface area contributed by atoms with Crippen molar-refractivity contribution in [3.05, 3.63) is 29.8 Å². The Morgan fingerprint density at radius 3 is 2.86 bits per heavy atom. The van der Waals surface area contributed by atoms with Crippen molar-refractivity contribution < 1.29 is 14.6 Å². The number of aliphatic hydroxyl groups is 1. The van der Waals surface area contributed by atoms with Crippen LogP contribution in [0.3, 0.4) is 0 Å². The molecule has 2 rings (SSSR count). The summed E-state index contributed by atoms with van der Waals surface area (Å²) in [6.45, 7) is 7.39. The second-order valence-electron chi connectivity index (χ2n) is 6.61. The highest BCUT2D eigenvalue weighted by molar-refractivity contribution is 5.95. The van der Waals surface area contributed by atoms with E-state index in [-0.39, 0.29) is 18.1 Å². The molecule has 0 aliphatic carbocycles. The molecule has 0 saturated carbocycles. The van der Waals surface area contributed by atoms with E-state index >= 15 is 0 Å². The van der Waals surface area contributed by atoms with Crippen molar-refractivity contribution in [1.29, 1.82) is 0 Å². The first-order chi connectivity index (χ1) is 10.5. The summed E-state index contributed by atoms with van der Waals surface area (Å²) in [7, 11) is 0. The maximum atomic E-state index is 12.7. The Labute approximate surface area is 133 Å². The molecule has 1 aromatic rings. The molecule has 1 heterocycles. The van der Waals surface area contributed by atoms with Crippen LogP contribution in [0.5, 0.6) is 5.75 Å². The van der Waals surface area contributed by atoms with Crippen LogP contribution in [0.25, 0.3) is 0 Å². The van der Waals surface area contributed by atoms with Gasteiger partial charge in [-0.1, -0.05) is 19.9 Å². The standard InChI is InChI=1S/C18H27NO3/c1-13(2)12-22-17-8-4-6-15(11-17)18(21)19-9-5-7-16(19)10-14(3)20/h4,6,8,11,13-14,16,20H,5,7,9-10,12H2,1-3H3. The first-order valence-electron chi connectivity index (χ1n) is 8.19. The van der Waals surface area contributed by atoms with Crippen molar-refractivity contribution in [2.45, 2.75) is 52.2 Å². The molecular formula is C18H27NO3. The van der Waals surface area contributed by atoms with E-state index in [1.807, 2.05) is 29.2 Å². The van der Waals surface area contributed by atoms with Gasteiger partial charge in [-0.15, -0.1) is 0 Å². The van der Waals surface area contributed by atoms with Gasteiger partial charge in [0, 0.05) is 18.2 Å². The van der Waals surface area contributed by atoms with Crippen molar-refractivity contribution in [1.82, 2.24) is 4.90 Å². The van der Waals surface area contributed by atoms with Crippen molar-refractivity contribution in [2.24, 2.45) is 5.92 Å². The Morgan fingerprint density at radius 2 is 2.18 bits per heavy atom. The molecule has 1 saturated heterocycles. The van der Waals surface area contributed by atoms with E-state index in [1.165, 1.54) is 0 Å². The number of benzene rings is 1. The van der Waals surface area contributed by atoms with Gasteiger partial charge < -0.3 is 14.7 Å². The van der Waals surface area contributed by atoms with Gasteiger partial charge in [0.05, 0.1) is 12.7 Å². The van der Waals surface area contributed by atoms with E-state index in [9.17, 15) is 9.90 Å². The Hall–Kier alpha value is -1.55. The zero-order valence-corrected chi connectivity index (χ0v) is 13.8. The third kappa shape index (κ3) is 4.47. The third-order valence-electron chi connectivity index (χ3n) is 3.92. The highest BCUT2D eigenvalue weighted by atomic mass is 16.5. The number of hydrogen-bond donors (Lipinski definition) is 1. The third-order valence-corrected chi connectivity index (χ3v) is 3.92. The minimum absolute atomic E-state index is 0.0400. The summed E-state index contributed by atoms with van der Waals surface area (Å²) in [5.41, 5.74) is 0.666. The molecule has 1 N–H and O–H groups in total. The summed E-state index contributed by atoms with van der Waals surface area (Å²) in [6.07, 6.45) is 2.25.